The second kappa shape index (κ2) is 5.47. The maximum Gasteiger partial charge on any atom is 0.146 e. The van der Waals surface area contributed by atoms with Gasteiger partial charge in [0.1, 0.15) is 5.82 Å². The first kappa shape index (κ1) is 12.3. The van der Waals surface area contributed by atoms with Gasteiger partial charge in [-0.2, -0.15) is 0 Å². The number of aliphatic hydroxyl groups excluding tert-OH is 1. The zero-order valence-electron chi connectivity index (χ0n) is 10.1. The summed E-state index contributed by atoms with van der Waals surface area (Å²) in [5.41, 5.74) is 1.54. The fourth-order valence-electron chi connectivity index (χ4n) is 2.29. The Morgan fingerprint density at radius 3 is 3.00 bits per heavy atom. The summed E-state index contributed by atoms with van der Waals surface area (Å²) < 4.78 is 13.9. The molecule has 1 saturated heterocycles. The predicted octanol–water partition coefficient (Wildman–Crippen LogP) is 1.51. The standard InChI is InChI=1S/C13H19FN2O/c1-15-8-10-4-5-13(12(14)7-10)16-6-2-3-11(17)9-16/h4-5,7,11,15,17H,2-3,6,8-9H2,1H3. The number of aliphatic hydroxyl groups is 1. The molecule has 3 nitrogen and oxygen atoms in total. The van der Waals surface area contributed by atoms with Crippen molar-refractivity contribution >= 4 is 5.69 Å². The van der Waals surface area contributed by atoms with E-state index in [0.29, 0.717) is 18.8 Å². The normalized spacial score (nSPS) is 20.6. The minimum atomic E-state index is -0.333. The van der Waals surface area contributed by atoms with Crippen LogP contribution in [0, 0.1) is 5.82 Å². The number of hydrogen-bond donors (Lipinski definition) is 2. The molecule has 2 rings (SSSR count). The highest BCUT2D eigenvalue weighted by molar-refractivity contribution is 5.49. The molecule has 0 amide bonds. The van der Waals surface area contributed by atoms with Crippen LogP contribution in [0.3, 0.4) is 0 Å². The Morgan fingerprint density at radius 2 is 2.35 bits per heavy atom. The molecule has 1 aliphatic rings. The van der Waals surface area contributed by atoms with Crippen LogP contribution in [-0.2, 0) is 6.54 Å². The summed E-state index contributed by atoms with van der Waals surface area (Å²) in [6, 6.07) is 5.29. The summed E-state index contributed by atoms with van der Waals surface area (Å²) in [5.74, 6) is -0.202. The maximum atomic E-state index is 13.9. The summed E-state index contributed by atoms with van der Waals surface area (Å²) in [4.78, 5) is 1.92. The molecule has 0 saturated carbocycles. The smallest absolute Gasteiger partial charge is 0.146 e. The largest absolute Gasteiger partial charge is 0.391 e. The molecule has 1 aliphatic heterocycles. The minimum Gasteiger partial charge on any atom is -0.391 e. The molecule has 1 aromatic rings. The number of piperidine rings is 1. The highest BCUT2D eigenvalue weighted by Crippen LogP contribution is 2.24. The third kappa shape index (κ3) is 2.96. The highest BCUT2D eigenvalue weighted by atomic mass is 19.1. The topological polar surface area (TPSA) is 35.5 Å². The second-order valence-electron chi connectivity index (χ2n) is 4.56. The van der Waals surface area contributed by atoms with Crippen molar-refractivity contribution in [3.8, 4) is 0 Å². The quantitative estimate of drug-likeness (QED) is 0.838. The van der Waals surface area contributed by atoms with Crippen molar-refractivity contribution in [2.75, 3.05) is 25.0 Å². The lowest BCUT2D eigenvalue weighted by molar-refractivity contribution is 0.154. The second-order valence-corrected chi connectivity index (χ2v) is 4.56. The third-order valence-electron chi connectivity index (χ3n) is 3.13. The summed E-state index contributed by atoms with van der Waals surface area (Å²) in [6.07, 6.45) is 1.40. The Bertz CT molecular complexity index is 384. The van der Waals surface area contributed by atoms with Crippen LogP contribution in [0.4, 0.5) is 10.1 Å². The Labute approximate surface area is 101 Å². The van der Waals surface area contributed by atoms with Crippen molar-refractivity contribution in [2.24, 2.45) is 0 Å². The van der Waals surface area contributed by atoms with E-state index in [-0.39, 0.29) is 11.9 Å². The zero-order chi connectivity index (χ0) is 12.3. The molecule has 1 fully saturated rings. The molecule has 0 aromatic heterocycles. The summed E-state index contributed by atoms with van der Waals surface area (Å²) >= 11 is 0. The molecule has 1 unspecified atom stereocenters. The Balaban J connectivity index is 2.15. The van der Waals surface area contributed by atoms with E-state index in [1.807, 2.05) is 18.0 Å². The molecule has 0 radical (unpaired) electrons. The van der Waals surface area contributed by atoms with Gasteiger partial charge in [-0.25, -0.2) is 4.39 Å². The number of nitrogens with one attached hydrogen (secondary N) is 1. The van der Waals surface area contributed by atoms with Crippen molar-refractivity contribution < 1.29 is 9.50 Å². The van der Waals surface area contributed by atoms with Gasteiger partial charge in [0.2, 0.25) is 0 Å². The van der Waals surface area contributed by atoms with E-state index in [2.05, 4.69) is 5.32 Å². The van der Waals surface area contributed by atoms with Crippen LogP contribution in [0.5, 0.6) is 0 Å². The highest BCUT2D eigenvalue weighted by Gasteiger charge is 2.20. The molecular formula is C13H19FN2O. The van der Waals surface area contributed by atoms with Crippen LogP contribution in [0.1, 0.15) is 18.4 Å². The van der Waals surface area contributed by atoms with Gasteiger partial charge in [0.15, 0.2) is 0 Å². The molecule has 0 aliphatic carbocycles. The molecule has 1 aromatic carbocycles. The van der Waals surface area contributed by atoms with E-state index in [4.69, 9.17) is 0 Å². The monoisotopic (exact) mass is 238 g/mol. The van der Waals surface area contributed by atoms with Gasteiger partial charge in [-0.15, -0.1) is 0 Å². The number of halogens is 1. The van der Waals surface area contributed by atoms with Gasteiger partial charge >= 0.3 is 0 Å². The van der Waals surface area contributed by atoms with Gasteiger partial charge in [0.25, 0.3) is 0 Å². The Hall–Kier alpha value is -1.13. The van der Waals surface area contributed by atoms with Crippen molar-refractivity contribution in [1.29, 1.82) is 0 Å². The number of hydrogen-bond acceptors (Lipinski definition) is 3. The van der Waals surface area contributed by atoms with Crippen LogP contribution in [0.2, 0.25) is 0 Å². The SMILES string of the molecule is CNCc1ccc(N2CCCC(O)C2)c(F)c1. The lowest BCUT2D eigenvalue weighted by Gasteiger charge is -2.32. The summed E-state index contributed by atoms with van der Waals surface area (Å²) in [5, 5.41) is 12.6. The van der Waals surface area contributed by atoms with Gasteiger partial charge in [0, 0.05) is 19.6 Å². The van der Waals surface area contributed by atoms with Gasteiger partial charge < -0.3 is 15.3 Å². The lowest BCUT2D eigenvalue weighted by Crippen LogP contribution is -2.38. The van der Waals surface area contributed by atoms with Crippen molar-refractivity contribution in [3.63, 3.8) is 0 Å². The van der Waals surface area contributed by atoms with Gasteiger partial charge in [-0.05, 0) is 37.6 Å². The number of anilines is 1. The van der Waals surface area contributed by atoms with Crippen molar-refractivity contribution in [2.45, 2.75) is 25.5 Å². The van der Waals surface area contributed by atoms with E-state index in [9.17, 15) is 9.50 Å². The first-order chi connectivity index (χ1) is 8.20. The predicted molar refractivity (Wildman–Crippen MR) is 66.6 cm³/mol. The van der Waals surface area contributed by atoms with E-state index in [1.54, 1.807) is 12.1 Å². The molecule has 2 N–H and O–H groups in total. The summed E-state index contributed by atoms with van der Waals surface area (Å²) in [7, 11) is 1.84. The van der Waals surface area contributed by atoms with E-state index in [0.717, 1.165) is 24.9 Å². The summed E-state index contributed by atoms with van der Waals surface area (Å²) in [6.45, 7) is 2.02. The van der Waals surface area contributed by atoms with Gasteiger partial charge in [-0.3, -0.25) is 0 Å². The third-order valence-corrected chi connectivity index (χ3v) is 3.13. The number of nitrogens with zero attached hydrogens (tertiary/aromatic N) is 1. The lowest BCUT2D eigenvalue weighted by atomic mass is 10.1. The molecule has 4 heteroatoms. The van der Waals surface area contributed by atoms with Crippen LogP contribution >= 0.6 is 0 Å². The van der Waals surface area contributed by atoms with Gasteiger partial charge in [0.05, 0.1) is 11.8 Å². The molecular weight excluding hydrogens is 219 g/mol. The molecule has 0 bridgehead atoms. The van der Waals surface area contributed by atoms with Crippen LogP contribution in [0.25, 0.3) is 0 Å². The fourth-order valence-corrected chi connectivity index (χ4v) is 2.29. The molecule has 17 heavy (non-hydrogen) atoms. The van der Waals surface area contributed by atoms with Crippen LogP contribution in [0.15, 0.2) is 18.2 Å². The molecule has 0 spiro atoms. The first-order valence-corrected chi connectivity index (χ1v) is 6.06. The van der Waals surface area contributed by atoms with E-state index in [1.165, 1.54) is 0 Å². The first-order valence-electron chi connectivity index (χ1n) is 6.06. The Kier molecular flexibility index (Phi) is 3.97. The van der Waals surface area contributed by atoms with E-state index >= 15 is 0 Å². The minimum absolute atomic E-state index is 0.202. The molecule has 94 valence electrons. The fraction of sp³-hybridized carbons (Fsp3) is 0.538. The van der Waals surface area contributed by atoms with E-state index < -0.39 is 0 Å². The van der Waals surface area contributed by atoms with Crippen molar-refractivity contribution in [3.05, 3.63) is 29.6 Å². The number of benzene rings is 1. The average Bonchev–Trinajstić information content (AvgIpc) is 2.29. The molecule has 1 atom stereocenters. The number of rotatable bonds is 3. The number of β-amino-alcohol motifs (C(OH)–C–C–N with tert-alkyl or cyclic N) is 1. The zero-order valence-corrected chi connectivity index (χ0v) is 10.1. The Morgan fingerprint density at radius 1 is 1.53 bits per heavy atom. The average molecular weight is 238 g/mol. The van der Waals surface area contributed by atoms with Crippen molar-refractivity contribution in [1.82, 2.24) is 5.32 Å². The van der Waals surface area contributed by atoms with Gasteiger partial charge in [-0.1, -0.05) is 6.07 Å². The maximum absolute atomic E-state index is 13.9. The molecule has 1 heterocycles. The van der Waals surface area contributed by atoms with Crippen LogP contribution in [-0.4, -0.2) is 31.3 Å². The van der Waals surface area contributed by atoms with Crippen LogP contribution < -0.4 is 10.2 Å².